The molecule has 0 fully saturated rings. The van der Waals surface area contributed by atoms with E-state index in [2.05, 4.69) is 0 Å². The third kappa shape index (κ3) is 3.25. The molecule has 0 saturated heterocycles. The van der Waals surface area contributed by atoms with Crippen LogP contribution in [-0.4, -0.2) is 77.7 Å². The van der Waals surface area contributed by atoms with Gasteiger partial charge in [0.05, 0.1) is 18.8 Å². The van der Waals surface area contributed by atoms with Crippen LogP contribution in [0.25, 0.3) is 22.7 Å². The standard InChI is InChI=1S/C20H23BO10/c1-5-16(27)14-12-7(24)2-8(25)19(30)20(31)10(12)6(3-22)11(18(29)9(26)4-23)13(14)15(21)17(5)28/h5,7-8,17,22-31H,2-4H2,1H3/b18-9-/t5-,7?,8?,17?/m1/s1. The van der Waals surface area contributed by atoms with E-state index in [4.69, 9.17) is 7.85 Å². The largest absolute Gasteiger partial charge is 0.511 e. The molecule has 1 aromatic rings. The molecule has 10 nitrogen and oxygen atoms in total. The third-order valence-corrected chi connectivity index (χ3v) is 5.80. The number of aliphatic hydroxyl groups is 10. The van der Waals surface area contributed by atoms with Crippen molar-refractivity contribution < 1.29 is 51.1 Å². The van der Waals surface area contributed by atoms with Crippen molar-refractivity contribution >= 4 is 30.6 Å². The van der Waals surface area contributed by atoms with Crippen molar-refractivity contribution in [1.82, 2.24) is 0 Å². The Bertz CT molecular complexity index is 1120. The Morgan fingerprint density at radius 1 is 0.968 bits per heavy atom. The maximum atomic E-state index is 10.8. The Labute approximate surface area is 177 Å². The molecular formula is C20H23BO10. The molecule has 2 aliphatic rings. The molecular weight excluding hydrogens is 411 g/mol. The molecule has 0 aromatic heterocycles. The molecule has 3 rings (SSSR count). The molecule has 0 heterocycles. The third-order valence-electron chi connectivity index (χ3n) is 5.80. The van der Waals surface area contributed by atoms with Crippen LogP contribution in [0.1, 0.15) is 41.7 Å². The van der Waals surface area contributed by atoms with E-state index in [1.165, 1.54) is 6.92 Å². The average molecular weight is 434 g/mol. The van der Waals surface area contributed by atoms with E-state index in [0.29, 0.717) is 0 Å². The van der Waals surface area contributed by atoms with Crippen LogP contribution in [-0.2, 0) is 6.61 Å². The van der Waals surface area contributed by atoms with Crippen LogP contribution in [0.15, 0.2) is 11.5 Å². The minimum Gasteiger partial charge on any atom is -0.511 e. The lowest BCUT2D eigenvalue weighted by Gasteiger charge is -2.29. The number of hydrogen-bond acceptors (Lipinski definition) is 10. The van der Waals surface area contributed by atoms with Gasteiger partial charge in [0.25, 0.3) is 0 Å². The van der Waals surface area contributed by atoms with Gasteiger partial charge in [-0.05, 0) is 5.22 Å². The molecule has 4 atom stereocenters. The number of benzene rings is 1. The number of rotatable bonds is 3. The molecule has 166 valence electrons. The lowest BCUT2D eigenvalue weighted by atomic mass is 9.73. The van der Waals surface area contributed by atoms with E-state index in [-0.39, 0.29) is 27.0 Å². The van der Waals surface area contributed by atoms with E-state index in [0.717, 1.165) is 0 Å². The van der Waals surface area contributed by atoms with Gasteiger partial charge in [-0.15, -0.1) is 0 Å². The van der Waals surface area contributed by atoms with Crippen LogP contribution in [0, 0.1) is 5.92 Å². The van der Waals surface area contributed by atoms with Gasteiger partial charge in [0.1, 0.15) is 26.3 Å². The fourth-order valence-corrected chi connectivity index (χ4v) is 4.14. The monoisotopic (exact) mass is 434 g/mol. The highest BCUT2D eigenvalue weighted by Gasteiger charge is 2.37. The lowest BCUT2D eigenvalue weighted by molar-refractivity contribution is 0.0763. The summed E-state index contributed by atoms with van der Waals surface area (Å²) in [5.74, 6) is -5.25. The lowest BCUT2D eigenvalue weighted by Crippen LogP contribution is -2.47. The SMILES string of the molecule is [B]C1=c2c(/C(O)=C(/O)CO)c(CO)c3c(c2=C(O)[C@@H](C)C1O)C(O)CC(O)C(O)=C3O. The molecule has 1 aromatic carbocycles. The fraction of sp³-hybridized carbons (Fsp3) is 0.400. The number of aliphatic hydroxyl groups excluding tert-OH is 10. The zero-order valence-electron chi connectivity index (χ0n) is 16.5. The van der Waals surface area contributed by atoms with Gasteiger partial charge in [-0.3, -0.25) is 0 Å². The summed E-state index contributed by atoms with van der Waals surface area (Å²) in [5, 5.41) is 102. The molecule has 0 amide bonds. The summed E-state index contributed by atoms with van der Waals surface area (Å²) < 4.78 is 0. The van der Waals surface area contributed by atoms with Crippen molar-refractivity contribution in [2.75, 3.05) is 6.61 Å². The van der Waals surface area contributed by atoms with Crippen molar-refractivity contribution in [2.24, 2.45) is 5.92 Å². The van der Waals surface area contributed by atoms with Crippen molar-refractivity contribution in [3.63, 3.8) is 0 Å². The normalized spacial score (nSPS) is 26.9. The summed E-state index contributed by atoms with van der Waals surface area (Å²) in [6.45, 7) is -0.535. The maximum absolute atomic E-state index is 10.8. The first kappa shape index (κ1) is 23.0. The molecule has 31 heavy (non-hydrogen) atoms. The van der Waals surface area contributed by atoms with Crippen LogP contribution in [0.2, 0.25) is 0 Å². The summed E-state index contributed by atoms with van der Waals surface area (Å²) in [6.07, 6.45) is -5.23. The van der Waals surface area contributed by atoms with E-state index in [9.17, 15) is 51.1 Å². The average Bonchev–Trinajstić information content (AvgIpc) is 2.83. The predicted octanol–water partition coefficient (Wildman–Crippen LogP) is -1.51. The highest BCUT2D eigenvalue weighted by atomic mass is 16.3. The van der Waals surface area contributed by atoms with E-state index < -0.39 is 83.8 Å². The molecule has 2 radical (unpaired) electrons. The fourth-order valence-electron chi connectivity index (χ4n) is 4.14. The Kier molecular flexibility index (Phi) is 6.00. The van der Waals surface area contributed by atoms with Gasteiger partial charge in [-0.25, -0.2) is 0 Å². The van der Waals surface area contributed by atoms with Gasteiger partial charge in [0, 0.05) is 39.8 Å². The van der Waals surface area contributed by atoms with Crippen molar-refractivity contribution in [3.8, 4) is 0 Å². The second-order valence-corrected chi connectivity index (χ2v) is 7.58. The van der Waals surface area contributed by atoms with E-state index in [1.54, 1.807) is 0 Å². The summed E-state index contributed by atoms with van der Waals surface area (Å²) in [5.41, 5.74) is -1.69. The summed E-state index contributed by atoms with van der Waals surface area (Å²) >= 11 is 0. The predicted molar refractivity (Wildman–Crippen MR) is 109 cm³/mol. The Balaban J connectivity index is 2.78. The van der Waals surface area contributed by atoms with Gasteiger partial charge < -0.3 is 51.1 Å². The topological polar surface area (TPSA) is 202 Å². The minimum atomic E-state index is -1.70. The Hall–Kier alpha value is -2.70. The first-order valence-corrected chi connectivity index (χ1v) is 9.40. The quantitative estimate of drug-likeness (QED) is 0.197. The van der Waals surface area contributed by atoms with Crippen LogP contribution >= 0.6 is 0 Å². The molecule has 2 aliphatic carbocycles. The first-order valence-electron chi connectivity index (χ1n) is 9.40. The van der Waals surface area contributed by atoms with Crippen LogP contribution in [0.3, 0.4) is 0 Å². The second-order valence-electron chi connectivity index (χ2n) is 7.58. The van der Waals surface area contributed by atoms with Crippen LogP contribution < -0.4 is 10.4 Å². The number of hydrogen-bond donors (Lipinski definition) is 10. The first-order chi connectivity index (χ1) is 14.5. The van der Waals surface area contributed by atoms with Gasteiger partial charge in [0.2, 0.25) is 0 Å². The summed E-state index contributed by atoms with van der Waals surface area (Å²) in [6, 6.07) is 0. The van der Waals surface area contributed by atoms with Gasteiger partial charge in [-0.2, -0.15) is 0 Å². The zero-order chi connectivity index (χ0) is 23.4. The highest BCUT2D eigenvalue weighted by molar-refractivity contribution is 6.39. The molecule has 0 spiro atoms. The zero-order valence-corrected chi connectivity index (χ0v) is 16.5. The van der Waals surface area contributed by atoms with Gasteiger partial charge >= 0.3 is 0 Å². The molecule has 3 unspecified atom stereocenters. The van der Waals surface area contributed by atoms with E-state index >= 15 is 0 Å². The van der Waals surface area contributed by atoms with Gasteiger partial charge in [0.15, 0.2) is 23.0 Å². The minimum absolute atomic E-state index is 0.209. The molecule has 0 aliphatic heterocycles. The summed E-state index contributed by atoms with van der Waals surface area (Å²) in [4.78, 5) is 0. The smallest absolute Gasteiger partial charge is 0.164 e. The molecule has 11 heteroatoms. The van der Waals surface area contributed by atoms with Crippen molar-refractivity contribution in [3.05, 3.63) is 44.2 Å². The Morgan fingerprint density at radius 2 is 1.58 bits per heavy atom. The van der Waals surface area contributed by atoms with Crippen molar-refractivity contribution in [1.29, 1.82) is 0 Å². The maximum Gasteiger partial charge on any atom is 0.164 e. The van der Waals surface area contributed by atoms with E-state index in [1.807, 2.05) is 0 Å². The molecule has 0 saturated carbocycles. The molecule has 0 bridgehead atoms. The van der Waals surface area contributed by atoms with Crippen LogP contribution in [0.4, 0.5) is 0 Å². The van der Waals surface area contributed by atoms with Crippen molar-refractivity contribution in [2.45, 2.75) is 38.3 Å². The second kappa shape index (κ2) is 8.10. The van der Waals surface area contributed by atoms with Crippen LogP contribution in [0.5, 0.6) is 0 Å². The Morgan fingerprint density at radius 3 is 2.13 bits per heavy atom. The molecule has 10 N–H and O–H groups in total. The number of fused-ring (bicyclic) bond motifs is 3. The van der Waals surface area contributed by atoms with Gasteiger partial charge in [-0.1, -0.05) is 12.4 Å². The highest BCUT2D eigenvalue weighted by Crippen LogP contribution is 2.37. The summed E-state index contributed by atoms with van der Waals surface area (Å²) in [7, 11) is 6.08.